The lowest BCUT2D eigenvalue weighted by Gasteiger charge is -2.19. The molecule has 0 fully saturated rings. The molecule has 0 aliphatic heterocycles. The summed E-state index contributed by atoms with van der Waals surface area (Å²) in [6.07, 6.45) is 0.297. The summed E-state index contributed by atoms with van der Waals surface area (Å²) in [6, 6.07) is 9.77. The molecule has 0 saturated heterocycles. The van der Waals surface area contributed by atoms with E-state index in [0.29, 0.717) is 12.0 Å². The highest BCUT2D eigenvalue weighted by atomic mass is 16.1. The summed E-state index contributed by atoms with van der Waals surface area (Å²) < 4.78 is 0. The van der Waals surface area contributed by atoms with Crippen LogP contribution in [-0.2, 0) is 5.41 Å². The molecule has 1 aromatic rings. The topological polar surface area (TPSA) is 40.9 Å². The van der Waals surface area contributed by atoms with Crippen molar-refractivity contribution in [2.24, 2.45) is 5.92 Å². The van der Waals surface area contributed by atoms with E-state index in [1.807, 2.05) is 24.3 Å². The first kappa shape index (κ1) is 13.4. The Bertz CT molecular complexity index is 431. The van der Waals surface area contributed by atoms with E-state index in [9.17, 15) is 4.79 Å². The van der Waals surface area contributed by atoms with Crippen LogP contribution in [0.15, 0.2) is 24.3 Å². The molecule has 0 N–H and O–H groups in total. The van der Waals surface area contributed by atoms with Crippen LogP contribution >= 0.6 is 0 Å². The van der Waals surface area contributed by atoms with Crippen LogP contribution < -0.4 is 0 Å². The van der Waals surface area contributed by atoms with E-state index in [1.165, 1.54) is 5.56 Å². The summed E-state index contributed by atoms with van der Waals surface area (Å²) in [5.74, 6) is -0.177. The van der Waals surface area contributed by atoms with E-state index in [-0.39, 0.29) is 17.1 Å². The van der Waals surface area contributed by atoms with Crippen LogP contribution in [0, 0.1) is 17.2 Å². The number of nitrogens with zero attached hydrogens (tertiary/aromatic N) is 1. The summed E-state index contributed by atoms with van der Waals surface area (Å²) in [6.45, 7) is 8.19. The van der Waals surface area contributed by atoms with Crippen molar-refractivity contribution >= 4 is 5.78 Å². The van der Waals surface area contributed by atoms with Crippen molar-refractivity contribution < 1.29 is 4.79 Å². The van der Waals surface area contributed by atoms with Crippen molar-refractivity contribution in [1.29, 1.82) is 5.26 Å². The second-order valence-electron chi connectivity index (χ2n) is 5.48. The molecule has 1 unspecified atom stereocenters. The van der Waals surface area contributed by atoms with Crippen LogP contribution in [0.5, 0.6) is 0 Å². The molecule has 0 aliphatic rings. The molecule has 1 aromatic carbocycles. The molecule has 2 nitrogen and oxygen atoms in total. The first-order valence-corrected chi connectivity index (χ1v) is 5.88. The summed E-state index contributed by atoms with van der Waals surface area (Å²) in [4.78, 5) is 11.8. The van der Waals surface area contributed by atoms with Gasteiger partial charge in [0.1, 0.15) is 0 Å². The van der Waals surface area contributed by atoms with Crippen molar-refractivity contribution in [1.82, 2.24) is 0 Å². The number of benzene rings is 1. The highest BCUT2D eigenvalue weighted by Crippen LogP contribution is 2.22. The molecule has 2 heteroatoms. The van der Waals surface area contributed by atoms with Gasteiger partial charge in [-0.1, -0.05) is 45.0 Å². The Hall–Kier alpha value is -1.62. The average Bonchev–Trinajstić information content (AvgIpc) is 2.27. The average molecular weight is 229 g/mol. The van der Waals surface area contributed by atoms with Crippen LogP contribution in [0.1, 0.15) is 50.0 Å². The molecule has 0 saturated carbocycles. The van der Waals surface area contributed by atoms with Gasteiger partial charge in [0.25, 0.3) is 0 Å². The van der Waals surface area contributed by atoms with Gasteiger partial charge in [-0.25, -0.2) is 0 Å². The Labute approximate surface area is 103 Å². The predicted molar refractivity (Wildman–Crippen MR) is 68.9 cm³/mol. The normalized spacial score (nSPS) is 12.9. The molecule has 0 aromatic heterocycles. The van der Waals surface area contributed by atoms with E-state index in [0.717, 1.165) is 0 Å². The van der Waals surface area contributed by atoms with Gasteiger partial charge in [0.2, 0.25) is 0 Å². The third-order valence-electron chi connectivity index (χ3n) is 2.78. The zero-order chi connectivity index (χ0) is 13.1. The number of nitriles is 1. The Morgan fingerprint density at radius 3 is 2.24 bits per heavy atom. The van der Waals surface area contributed by atoms with Crippen LogP contribution in [0.25, 0.3) is 0 Å². The van der Waals surface area contributed by atoms with Crippen molar-refractivity contribution in [2.75, 3.05) is 0 Å². The molecule has 0 heterocycles. The van der Waals surface area contributed by atoms with Gasteiger partial charge in [-0.2, -0.15) is 5.26 Å². The van der Waals surface area contributed by atoms with Crippen LogP contribution in [0.3, 0.4) is 0 Å². The molecular weight excluding hydrogens is 210 g/mol. The highest BCUT2D eigenvalue weighted by Gasteiger charge is 2.15. The third kappa shape index (κ3) is 3.71. The minimum atomic E-state index is -0.218. The Kier molecular flexibility index (Phi) is 4.07. The number of carbonyl (C=O) groups excluding carboxylic acids is 1. The first-order chi connectivity index (χ1) is 7.84. The van der Waals surface area contributed by atoms with Crippen LogP contribution in [0.2, 0.25) is 0 Å². The summed E-state index contributed by atoms with van der Waals surface area (Å²) in [5, 5.41) is 8.68. The SMILES string of the molecule is CC(C#N)CC(=O)c1ccc(C(C)(C)C)cc1. The number of Topliss-reactive ketones (excluding diaryl/α,β-unsaturated/α-hetero) is 1. The maximum atomic E-state index is 11.8. The molecule has 1 atom stereocenters. The lowest BCUT2D eigenvalue weighted by molar-refractivity contribution is 0.0972. The van der Waals surface area contributed by atoms with E-state index < -0.39 is 0 Å². The van der Waals surface area contributed by atoms with Crippen molar-refractivity contribution in [3.05, 3.63) is 35.4 Å². The Balaban J connectivity index is 2.82. The second-order valence-corrected chi connectivity index (χ2v) is 5.48. The first-order valence-electron chi connectivity index (χ1n) is 5.88. The van der Waals surface area contributed by atoms with Crippen molar-refractivity contribution in [3.63, 3.8) is 0 Å². The second kappa shape index (κ2) is 5.14. The zero-order valence-corrected chi connectivity index (χ0v) is 10.9. The minimum Gasteiger partial charge on any atom is -0.294 e. The lowest BCUT2D eigenvalue weighted by atomic mass is 9.86. The molecule has 0 spiro atoms. The largest absolute Gasteiger partial charge is 0.294 e. The fourth-order valence-corrected chi connectivity index (χ4v) is 1.60. The maximum absolute atomic E-state index is 11.8. The van der Waals surface area contributed by atoms with E-state index in [2.05, 4.69) is 26.8 Å². The molecule has 0 radical (unpaired) electrons. The molecule has 0 amide bonds. The Morgan fingerprint density at radius 1 is 1.29 bits per heavy atom. The molecule has 0 bridgehead atoms. The summed E-state index contributed by atoms with van der Waals surface area (Å²) in [7, 11) is 0. The highest BCUT2D eigenvalue weighted by molar-refractivity contribution is 5.96. The number of hydrogen-bond acceptors (Lipinski definition) is 2. The van der Waals surface area contributed by atoms with Gasteiger partial charge in [-0.15, -0.1) is 0 Å². The smallest absolute Gasteiger partial charge is 0.164 e. The van der Waals surface area contributed by atoms with Gasteiger partial charge in [0.15, 0.2) is 5.78 Å². The van der Waals surface area contributed by atoms with Crippen molar-refractivity contribution in [3.8, 4) is 6.07 Å². The fourth-order valence-electron chi connectivity index (χ4n) is 1.60. The number of hydrogen-bond donors (Lipinski definition) is 0. The molecule has 1 rings (SSSR count). The summed E-state index contributed by atoms with van der Waals surface area (Å²) >= 11 is 0. The maximum Gasteiger partial charge on any atom is 0.164 e. The Morgan fingerprint density at radius 2 is 1.82 bits per heavy atom. The molecule has 0 aliphatic carbocycles. The number of rotatable bonds is 3. The van der Waals surface area contributed by atoms with E-state index in [4.69, 9.17) is 5.26 Å². The van der Waals surface area contributed by atoms with Crippen molar-refractivity contribution in [2.45, 2.75) is 39.5 Å². The predicted octanol–water partition coefficient (Wildman–Crippen LogP) is 3.72. The van der Waals surface area contributed by atoms with E-state index >= 15 is 0 Å². The van der Waals surface area contributed by atoms with Gasteiger partial charge >= 0.3 is 0 Å². The summed E-state index contributed by atoms with van der Waals surface area (Å²) in [5.41, 5.74) is 2.00. The van der Waals surface area contributed by atoms with Crippen LogP contribution in [0.4, 0.5) is 0 Å². The lowest BCUT2D eigenvalue weighted by Crippen LogP contribution is -2.11. The zero-order valence-electron chi connectivity index (χ0n) is 10.9. The van der Waals surface area contributed by atoms with Crippen LogP contribution in [-0.4, -0.2) is 5.78 Å². The molecule has 17 heavy (non-hydrogen) atoms. The van der Waals surface area contributed by atoms with Gasteiger partial charge in [0, 0.05) is 12.0 Å². The van der Waals surface area contributed by atoms with E-state index in [1.54, 1.807) is 6.92 Å². The van der Waals surface area contributed by atoms with Gasteiger partial charge in [0.05, 0.1) is 12.0 Å². The standard InChI is InChI=1S/C15H19NO/c1-11(10-16)9-14(17)12-5-7-13(8-6-12)15(2,3)4/h5-8,11H,9H2,1-4H3. The fraction of sp³-hybridized carbons (Fsp3) is 0.467. The minimum absolute atomic E-state index is 0.0412. The third-order valence-corrected chi connectivity index (χ3v) is 2.78. The van der Waals surface area contributed by atoms with Gasteiger partial charge in [-0.05, 0) is 17.9 Å². The quantitative estimate of drug-likeness (QED) is 0.741. The molecular formula is C15H19NO. The van der Waals surface area contributed by atoms with Gasteiger partial charge in [-0.3, -0.25) is 4.79 Å². The number of carbonyl (C=O) groups is 1. The monoisotopic (exact) mass is 229 g/mol. The number of ketones is 1. The molecule has 90 valence electrons. The van der Waals surface area contributed by atoms with Gasteiger partial charge < -0.3 is 0 Å².